The minimum Gasteiger partial charge on any atom is -0.489 e. The first-order valence-electron chi connectivity index (χ1n) is 18.8. The number of amides is 1. The van der Waals surface area contributed by atoms with E-state index in [4.69, 9.17) is 13.9 Å². The number of ether oxygens (including phenoxy) is 2. The zero-order valence-corrected chi connectivity index (χ0v) is 32.6. The van der Waals surface area contributed by atoms with Gasteiger partial charge in [-0.3, -0.25) is 4.79 Å². The van der Waals surface area contributed by atoms with Gasteiger partial charge in [0, 0.05) is 23.7 Å². The van der Waals surface area contributed by atoms with Crippen LogP contribution in [-0.2, 0) is 22.4 Å². The highest BCUT2D eigenvalue weighted by Crippen LogP contribution is 2.48. The molecule has 276 valence electrons. The Balaban J connectivity index is 1.31. The van der Waals surface area contributed by atoms with E-state index in [1.807, 2.05) is 108 Å². The van der Waals surface area contributed by atoms with Crippen molar-refractivity contribution in [2.24, 2.45) is 5.92 Å². The fourth-order valence-electron chi connectivity index (χ4n) is 6.87. The van der Waals surface area contributed by atoms with Crippen molar-refractivity contribution in [2.75, 3.05) is 4.90 Å². The second-order valence-corrected chi connectivity index (χ2v) is 20.4. The Labute approximate surface area is 315 Å². The SMILES string of the molecule is CC(C)(C)[Si](C)(C)O[C@H](CCC[C@@H]1CC(=O)N(c2ccccc2)[C@@H]1c1ccc(OCc2ccccc2)cc1OCc1ccccc1)c1ccc(F)cc1. The van der Waals surface area contributed by atoms with Crippen LogP contribution in [0.3, 0.4) is 0 Å². The number of halogens is 1. The number of carbonyl (C=O) groups excluding carboxylic acids is 1. The van der Waals surface area contributed by atoms with Crippen LogP contribution in [0, 0.1) is 11.7 Å². The fraction of sp³-hybridized carbons (Fsp3) is 0.326. The zero-order chi connectivity index (χ0) is 37.4. The van der Waals surface area contributed by atoms with Crippen molar-refractivity contribution < 1.29 is 23.1 Å². The summed E-state index contributed by atoms with van der Waals surface area (Å²) in [7, 11) is -2.14. The van der Waals surface area contributed by atoms with Crippen molar-refractivity contribution in [3.05, 3.63) is 162 Å². The fourth-order valence-corrected chi connectivity index (χ4v) is 8.18. The number of para-hydroxylation sites is 1. The second-order valence-electron chi connectivity index (χ2n) is 15.6. The Morgan fingerprint density at radius 1 is 0.774 bits per heavy atom. The smallest absolute Gasteiger partial charge is 0.227 e. The van der Waals surface area contributed by atoms with Gasteiger partial charge in [-0.15, -0.1) is 0 Å². The van der Waals surface area contributed by atoms with Crippen molar-refractivity contribution in [1.82, 2.24) is 0 Å². The summed E-state index contributed by atoms with van der Waals surface area (Å²) >= 11 is 0. The van der Waals surface area contributed by atoms with Crippen molar-refractivity contribution in [3.63, 3.8) is 0 Å². The third kappa shape index (κ3) is 9.64. The molecule has 5 aromatic carbocycles. The van der Waals surface area contributed by atoms with Gasteiger partial charge in [0.15, 0.2) is 8.32 Å². The number of anilines is 1. The van der Waals surface area contributed by atoms with Gasteiger partial charge < -0.3 is 18.8 Å². The van der Waals surface area contributed by atoms with Gasteiger partial charge in [-0.1, -0.05) is 118 Å². The molecule has 1 heterocycles. The van der Waals surface area contributed by atoms with Crippen LogP contribution < -0.4 is 14.4 Å². The van der Waals surface area contributed by atoms with Gasteiger partial charge in [-0.05, 0) is 90.0 Å². The molecular formula is C46H52FNO4Si. The van der Waals surface area contributed by atoms with E-state index in [1.54, 1.807) is 0 Å². The standard InChI is InChI=1S/C46H52FNO4Si/c1-46(2,3)53(4,5)52-42(36-24-26-38(47)27-25-36)23-15-20-37-30-44(49)48(39-21-13-8-14-22-39)45(37)41-29-28-40(50-32-34-16-9-6-10-17-34)31-43(41)51-33-35-18-11-7-12-19-35/h6-14,16-19,21-22,24-29,31,37,42,45H,15,20,23,30,32-33H2,1-5H3/t37-,42-,45+/m1/s1. The number of hydrogen-bond acceptors (Lipinski definition) is 4. The Kier molecular flexibility index (Phi) is 12.2. The molecule has 0 spiro atoms. The molecule has 1 fully saturated rings. The highest BCUT2D eigenvalue weighted by Gasteiger charge is 2.43. The molecule has 1 aliphatic rings. The molecule has 0 aliphatic carbocycles. The van der Waals surface area contributed by atoms with Crippen LogP contribution >= 0.6 is 0 Å². The normalized spacial score (nSPS) is 16.8. The predicted octanol–water partition coefficient (Wildman–Crippen LogP) is 12.0. The summed E-state index contributed by atoms with van der Waals surface area (Å²) in [5.74, 6) is 1.28. The summed E-state index contributed by atoms with van der Waals surface area (Å²) in [4.78, 5) is 16.0. The van der Waals surface area contributed by atoms with Gasteiger partial charge in [0.05, 0.1) is 12.1 Å². The number of carbonyl (C=O) groups is 1. The Hall–Kier alpha value is -4.72. The van der Waals surface area contributed by atoms with E-state index in [2.05, 4.69) is 52.1 Å². The van der Waals surface area contributed by atoms with Crippen molar-refractivity contribution in [1.29, 1.82) is 0 Å². The van der Waals surface area contributed by atoms with Gasteiger partial charge in [0.1, 0.15) is 30.5 Å². The van der Waals surface area contributed by atoms with E-state index in [0.29, 0.717) is 31.1 Å². The van der Waals surface area contributed by atoms with E-state index >= 15 is 0 Å². The van der Waals surface area contributed by atoms with E-state index in [-0.39, 0.29) is 34.8 Å². The quantitative estimate of drug-likeness (QED) is 0.101. The van der Waals surface area contributed by atoms with Crippen LogP contribution in [0.15, 0.2) is 133 Å². The molecule has 0 N–H and O–H groups in total. The lowest BCUT2D eigenvalue weighted by molar-refractivity contribution is -0.117. The van der Waals surface area contributed by atoms with Crippen LogP contribution in [0.5, 0.6) is 11.5 Å². The topological polar surface area (TPSA) is 48.0 Å². The van der Waals surface area contributed by atoms with Gasteiger partial charge in [-0.2, -0.15) is 0 Å². The summed E-state index contributed by atoms with van der Waals surface area (Å²) in [6, 6.07) is 42.7. The molecule has 7 heteroatoms. The predicted molar refractivity (Wildman–Crippen MR) is 214 cm³/mol. The van der Waals surface area contributed by atoms with E-state index < -0.39 is 8.32 Å². The maximum atomic E-state index is 14.0. The van der Waals surface area contributed by atoms with Gasteiger partial charge in [-0.25, -0.2) is 4.39 Å². The van der Waals surface area contributed by atoms with Crippen LogP contribution in [0.1, 0.15) is 80.9 Å². The molecule has 5 aromatic rings. The van der Waals surface area contributed by atoms with Crippen molar-refractivity contribution in [3.8, 4) is 11.5 Å². The molecule has 0 saturated carbocycles. The lowest BCUT2D eigenvalue weighted by Crippen LogP contribution is -2.41. The van der Waals surface area contributed by atoms with Crippen LogP contribution in [0.25, 0.3) is 0 Å². The average Bonchev–Trinajstić information content (AvgIpc) is 3.48. The summed E-state index contributed by atoms with van der Waals surface area (Å²) in [6.45, 7) is 12.1. The van der Waals surface area contributed by atoms with Gasteiger partial charge in [0.25, 0.3) is 0 Å². The third-order valence-electron chi connectivity index (χ3n) is 10.8. The first-order chi connectivity index (χ1) is 25.5. The summed E-state index contributed by atoms with van der Waals surface area (Å²) in [5, 5.41) is 0.0254. The largest absolute Gasteiger partial charge is 0.489 e. The molecule has 6 rings (SSSR count). The molecule has 0 bridgehead atoms. The zero-order valence-electron chi connectivity index (χ0n) is 31.6. The van der Waals surface area contributed by atoms with Crippen LogP contribution in [0.2, 0.25) is 18.1 Å². The minimum atomic E-state index is -2.14. The van der Waals surface area contributed by atoms with Crippen molar-refractivity contribution >= 4 is 19.9 Å². The number of nitrogens with zero attached hydrogens (tertiary/aromatic N) is 1. The third-order valence-corrected chi connectivity index (χ3v) is 15.3. The summed E-state index contributed by atoms with van der Waals surface area (Å²) < 4.78 is 33.9. The molecule has 53 heavy (non-hydrogen) atoms. The van der Waals surface area contributed by atoms with Crippen molar-refractivity contribution in [2.45, 2.75) is 89.9 Å². The molecule has 0 radical (unpaired) electrons. The number of rotatable bonds is 15. The lowest BCUT2D eigenvalue weighted by atomic mass is 9.87. The van der Waals surface area contributed by atoms with Gasteiger partial charge in [0.2, 0.25) is 5.91 Å². The minimum absolute atomic E-state index is 0.0254. The summed E-state index contributed by atoms with van der Waals surface area (Å²) in [6.07, 6.45) is 2.68. The van der Waals surface area contributed by atoms with E-state index in [9.17, 15) is 9.18 Å². The van der Waals surface area contributed by atoms with Crippen LogP contribution in [0.4, 0.5) is 10.1 Å². The maximum absolute atomic E-state index is 14.0. The Bertz CT molecular complexity index is 1910. The molecular weight excluding hydrogens is 678 g/mol. The highest BCUT2D eigenvalue weighted by molar-refractivity contribution is 6.74. The maximum Gasteiger partial charge on any atom is 0.227 e. The molecule has 0 aromatic heterocycles. The van der Waals surface area contributed by atoms with E-state index in [0.717, 1.165) is 47.2 Å². The molecule has 1 saturated heterocycles. The highest BCUT2D eigenvalue weighted by atomic mass is 28.4. The Morgan fingerprint density at radius 3 is 1.96 bits per heavy atom. The molecule has 1 amide bonds. The van der Waals surface area contributed by atoms with Gasteiger partial charge >= 0.3 is 0 Å². The molecule has 3 atom stereocenters. The summed E-state index contributed by atoms with van der Waals surface area (Å²) in [5.41, 5.74) is 4.95. The monoisotopic (exact) mass is 729 g/mol. The number of benzene rings is 5. The second kappa shape index (κ2) is 17.0. The molecule has 0 unspecified atom stereocenters. The average molecular weight is 730 g/mol. The van der Waals surface area contributed by atoms with Crippen LogP contribution in [-0.4, -0.2) is 14.2 Å². The first kappa shape index (κ1) is 38.0. The molecule has 1 aliphatic heterocycles. The van der Waals surface area contributed by atoms with E-state index in [1.165, 1.54) is 12.1 Å². The number of hydrogen-bond donors (Lipinski definition) is 0. The first-order valence-corrected chi connectivity index (χ1v) is 21.7. The Morgan fingerprint density at radius 2 is 1.36 bits per heavy atom. The lowest BCUT2D eigenvalue weighted by Gasteiger charge is -2.39. The molecule has 5 nitrogen and oxygen atoms in total.